The maximum atomic E-state index is 12.2. The number of nitrogens with zero attached hydrogens (tertiary/aromatic N) is 1. The average Bonchev–Trinajstić information content (AvgIpc) is 3.02. The van der Waals surface area contributed by atoms with Crippen molar-refractivity contribution in [3.8, 4) is 11.5 Å². The van der Waals surface area contributed by atoms with E-state index < -0.39 is 5.91 Å². The molecule has 0 saturated carbocycles. The summed E-state index contributed by atoms with van der Waals surface area (Å²) in [5.41, 5.74) is 3.28. The zero-order chi connectivity index (χ0) is 18.7. The van der Waals surface area contributed by atoms with Gasteiger partial charge < -0.3 is 14.3 Å². The van der Waals surface area contributed by atoms with Gasteiger partial charge in [-0.25, -0.2) is 5.43 Å². The van der Waals surface area contributed by atoms with E-state index in [9.17, 15) is 9.90 Å². The number of benzene rings is 2. The number of aromatic hydroxyl groups is 1. The number of carbonyl (C=O) groups excluding carboxylic acids is 1. The fourth-order valence-corrected chi connectivity index (χ4v) is 3.12. The van der Waals surface area contributed by atoms with E-state index in [1.807, 2.05) is 6.92 Å². The van der Waals surface area contributed by atoms with Gasteiger partial charge in [-0.3, -0.25) is 4.79 Å². The van der Waals surface area contributed by atoms with Crippen LogP contribution in [0.2, 0.25) is 5.02 Å². The van der Waals surface area contributed by atoms with E-state index in [1.54, 1.807) is 30.3 Å². The third kappa shape index (κ3) is 4.00. The molecule has 1 heterocycles. The Morgan fingerprint density at radius 2 is 2.19 bits per heavy atom. The van der Waals surface area contributed by atoms with Gasteiger partial charge in [0.15, 0.2) is 5.76 Å². The highest BCUT2D eigenvalue weighted by atomic mass is 79.9. The van der Waals surface area contributed by atoms with E-state index >= 15 is 0 Å². The number of rotatable bonds is 5. The maximum Gasteiger partial charge on any atom is 0.307 e. The molecule has 6 nitrogen and oxygen atoms in total. The van der Waals surface area contributed by atoms with Crippen LogP contribution in [0.4, 0.5) is 0 Å². The summed E-state index contributed by atoms with van der Waals surface area (Å²) in [5.74, 6) is 0.269. The number of ether oxygens (including phenoxy) is 1. The number of phenolic OH excluding ortho intramolecular Hbond substituents is 1. The molecule has 0 aliphatic carbocycles. The van der Waals surface area contributed by atoms with Crippen LogP contribution in [0.1, 0.15) is 23.0 Å². The average molecular weight is 438 g/mol. The van der Waals surface area contributed by atoms with E-state index in [0.717, 1.165) is 5.39 Å². The third-order valence-corrected chi connectivity index (χ3v) is 4.27. The molecule has 8 heteroatoms. The normalized spacial score (nSPS) is 11.2. The SMILES string of the molecule is CCOc1ccc2oc(C(=O)N/N=C/c3cc(Cl)cc(Br)c3O)cc2c1. The van der Waals surface area contributed by atoms with Crippen molar-refractivity contribution < 1.29 is 19.1 Å². The summed E-state index contributed by atoms with van der Waals surface area (Å²) in [6.45, 7) is 2.45. The second-order valence-electron chi connectivity index (χ2n) is 5.27. The molecule has 0 saturated heterocycles. The molecule has 0 aliphatic rings. The quantitative estimate of drug-likeness (QED) is 0.447. The molecule has 0 atom stereocenters. The second-order valence-corrected chi connectivity index (χ2v) is 6.56. The second kappa shape index (κ2) is 7.80. The summed E-state index contributed by atoms with van der Waals surface area (Å²) in [4.78, 5) is 12.2. The van der Waals surface area contributed by atoms with E-state index in [2.05, 4.69) is 26.5 Å². The van der Waals surface area contributed by atoms with Crippen molar-refractivity contribution in [1.82, 2.24) is 5.43 Å². The van der Waals surface area contributed by atoms with Gasteiger partial charge in [0.1, 0.15) is 17.1 Å². The predicted octanol–water partition coefficient (Wildman–Crippen LogP) is 4.72. The highest BCUT2D eigenvalue weighted by Gasteiger charge is 2.12. The zero-order valence-electron chi connectivity index (χ0n) is 13.6. The molecule has 3 aromatic rings. The molecule has 2 N–H and O–H groups in total. The van der Waals surface area contributed by atoms with Crippen molar-refractivity contribution >= 4 is 50.6 Å². The Bertz CT molecular complexity index is 1000. The molecule has 0 aliphatic heterocycles. The van der Waals surface area contributed by atoms with Gasteiger partial charge in [0.25, 0.3) is 0 Å². The molecule has 0 unspecified atom stereocenters. The Labute approximate surface area is 162 Å². The standard InChI is InChI=1S/C18H14BrClN2O4/c1-2-25-13-3-4-15-10(6-13)7-16(26-15)18(24)22-21-9-11-5-12(20)8-14(19)17(11)23/h3-9,23H,2H2,1H3,(H,22,24)/b21-9+. The van der Waals surface area contributed by atoms with Crippen LogP contribution in [0.5, 0.6) is 11.5 Å². The fraction of sp³-hybridized carbons (Fsp3) is 0.111. The highest BCUT2D eigenvalue weighted by molar-refractivity contribution is 9.10. The summed E-state index contributed by atoms with van der Waals surface area (Å²) < 4.78 is 11.4. The van der Waals surface area contributed by atoms with Crippen LogP contribution in [-0.4, -0.2) is 23.8 Å². The smallest absolute Gasteiger partial charge is 0.307 e. The number of phenols is 1. The van der Waals surface area contributed by atoms with Gasteiger partial charge in [0.05, 0.1) is 17.3 Å². The van der Waals surface area contributed by atoms with Crippen LogP contribution in [0.25, 0.3) is 11.0 Å². The Morgan fingerprint density at radius 3 is 2.96 bits per heavy atom. The number of fused-ring (bicyclic) bond motifs is 1. The van der Waals surface area contributed by atoms with Crippen molar-refractivity contribution in [2.24, 2.45) is 5.10 Å². The van der Waals surface area contributed by atoms with Gasteiger partial charge in [-0.2, -0.15) is 5.10 Å². The van der Waals surface area contributed by atoms with Gasteiger partial charge in [-0.1, -0.05) is 11.6 Å². The van der Waals surface area contributed by atoms with Crippen molar-refractivity contribution in [2.75, 3.05) is 6.61 Å². The molecule has 3 rings (SSSR count). The van der Waals surface area contributed by atoms with E-state index in [0.29, 0.717) is 33.0 Å². The predicted molar refractivity (Wildman–Crippen MR) is 103 cm³/mol. The summed E-state index contributed by atoms with van der Waals surface area (Å²) in [6, 6.07) is 9.99. The van der Waals surface area contributed by atoms with Crippen molar-refractivity contribution in [3.63, 3.8) is 0 Å². The van der Waals surface area contributed by atoms with Crippen molar-refractivity contribution in [1.29, 1.82) is 0 Å². The lowest BCUT2D eigenvalue weighted by molar-refractivity contribution is 0.0929. The van der Waals surface area contributed by atoms with Crippen molar-refractivity contribution in [3.05, 3.63) is 57.2 Å². The molecular weight excluding hydrogens is 424 g/mol. The van der Waals surface area contributed by atoms with E-state index in [1.165, 1.54) is 12.3 Å². The molecule has 0 bridgehead atoms. The van der Waals surface area contributed by atoms with Crippen LogP contribution < -0.4 is 10.2 Å². The Kier molecular flexibility index (Phi) is 5.49. The maximum absolute atomic E-state index is 12.2. The molecule has 26 heavy (non-hydrogen) atoms. The Morgan fingerprint density at radius 1 is 1.38 bits per heavy atom. The molecule has 0 radical (unpaired) electrons. The first kappa shape index (κ1) is 18.3. The number of amides is 1. The minimum Gasteiger partial charge on any atom is -0.506 e. The van der Waals surface area contributed by atoms with Crippen molar-refractivity contribution in [2.45, 2.75) is 6.92 Å². The van der Waals surface area contributed by atoms with Gasteiger partial charge in [0, 0.05) is 16.0 Å². The van der Waals surface area contributed by atoms with Gasteiger partial charge >= 0.3 is 5.91 Å². The number of hydrazone groups is 1. The third-order valence-electron chi connectivity index (χ3n) is 3.45. The molecule has 134 valence electrons. The first-order valence-corrected chi connectivity index (χ1v) is 8.83. The fourth-order valence-electron chi connectivity index (χ4n) is 2.29. The van der Waals surface area contributed by atoms with Crippen LogP contribution in [0, 0.1) is 0 Å². The number of hydrogen-bond donors (Lipinski definition) is 2. The number of furan rings is 1. The number of nitrogens with one attached hydrogen (secondary N) is 1. The lowest BCUT2D eigenvalue weighted by Gasteiger charge is -2.02. The highest BCUT2D eigenvalue weighted by Crippen LogP contribution is 2.30. The van der Waals surface area contributed by atoms with Gasteiger partial charge in [-0.15, -0.1) is 0 Å². The lowest BCUT2D eigenvalue weighted by Crippen LogP contribution is -2.16. The largest absolute Gasteiger partial charge is 0.506 e. The van der Waals surface area contributed by atoms with Crippen LogP contribution in [0.3, 0.4) is 0 Å². The summed E-state index contributed by atoms with van der Waals surface area (Å²) in [6.07, 6.45) is 1.29. The number of hydrogen-bond acceptors (Lipinski definition) is 5. The molecule has 0 spiro atoms. The molecular formula is C18H14BrClN2O4. The van der Waals surface area contributed by atoms with Crippen LogP contribution >= 0.6 is 27.5 Å². The van der Waals surface area contributed by atoms with E-state index in [4.69, 9.17) is 20.8 Å². The minimum absolute atomic E-state index is 0.0282. The minimum atomic E-state index is -0.518. The van der Waals surface area contributed by atoms with Gasteiger partial charge in [0.2, 0.25) is 0 Å². The summed E-state index contributed by atoms with van der Waals surface area (Å²) in [5, 5.41) is 14.9. The first-order valence-electron chi connectivity index (χ1n) is 7.65. The summed E-state index contributed by atoms with van der Waals surface area (Å²) in [7, 11) is 0. The Balaban J connectivity index is 1.75. The van der Waals surface area contributed by atoms with Crippen LogP contribution in [-0.2, 0) is 0 Å². The topological polar surface area (TPSA) is 84.1 Å². The van der Waals surface area contributed by atoms with E-state index in [-0.39, 0.29) is 11.5 Å². The summed E-state index contributed by atoms with van der Waals surface area (Å²) >= 11 is 9.11. The molecule has 1 aromatic heterocycles. The zero-order valence-corrected chi connectivity index (χ0v) is 16.0. The molecule has 2 aromatic carbocycles. The number of halogens is 2. The first-order chi connectivity index (χ1) is 12.5. The Hall–Kier alpha value is -2.51. The lowest BCUT2D eigenvalue weighted by atomic mass is 10.2. The van der Waals surface area contributed by atoms with Gasteiger partial charge in [-0.05, 0) is 59.3 Å². The monoisotopic (exact) mass is 436 g/mol. The number of carbonyl (C=O) groups is 1. The molecule has 1 amide bonds. The molecule has 0 fully saturated rings. The van der Waals surface area contributed by atoms with Crippen LogP contribution in [0.15, 0.2) is 50.4 Å².